The van der Waals surface area contributed by atoms with Gasteiger partial charge in [-0.15, -0.1) is 0 Å². The number of thioether (sulfide) groups is 1. The van der Waals surface area contributed by atoms with E-state index >= 15 is 0 Å². The van der Waals surface area contributed by atoms with Crippen LogP contribution in [0.3, 0.4) is 0 Å². The summed E-state index contributed by atoms with van der Waals surface area (Å²) < 4.78 is 8.83. The van der Waals surface area contributed by atoms with Crippen LogP contribution in [-0.2, 0) is 10.3 Å². The summed E-state index contributed by atoms with van der Waals surface area (Å²) in [6.07, 6.45) is 1.77. The summed E-state index contributed by atoms with van der Waals surface area (Å²) in [6, 6.07) is 7.00. The Kier molecular flexibility index (Phi) is 5.31. The number of nitrogens with zero attached hydrogens (tertiary/aromatic N) is 4. The van der Waals surface area contributed by atoms with Gasteiger partial charge in [0.2, 0.25) is 5.91 Å². The molecule has 1 aliphatic heterocycles. The summed E-state index contributed by atoms with van der Waals surface area (Å²) in [5.74, 6) is 1.25. The molecule has 1 unspecified atom stereocenters. The maximum Gasteiger partial charge on any atom is 0.265 e. The third-order valence-electron chi connectivity index (χ3n) is 4.88. The number of carbonyl (C=O) groups excluding carboxylic acids is 1. The van der Waals surface area contributed by atoms with Gasteiger partial charge in [0.25, 0.3) is 5.56 Å². The maximum absolute atomic E-state index is 13.1. The van der Waals surface area contributed by atoms with Crippen LogP contribution in [-0.4, -0.2) is 37.6 Å². The minimum atomic E-state index is -0.277. The van der Waals surface area contributed by atoms with E-state index in [1.165, 1.54) is 11.8 Å². The van der Waals surface area contributed by atoms with Gasteiger partial charge in [-0.25, -0.2) is 9.67 Å². The summed E-state index contributed by atoms with van der Waals surface area (Å²) in [5.41, 5.74) is 0.863. The second kappa shape index (κ2) is 7.79. The van der Waals surface area contributed by atoms with Crippen molar-refractivity contribution in [3.63, 3.8) is 0 Å². The highest BCUT2D eigenvalue weighted by atomic mass is 32.2. The highest BCUT2D eigenvalue weighted by molar-refractivity contribution is 7.99. The summed E-state index contributed by atoms with van der Waals surface area (Å²) >= 11 is 1.50. The molecule has 3 aromatic rings. The number of aromatic nitrogens is 4. The van der Waals surface area contributed by atoms with Gasteiger partial charge in [-0.1, -0.05) is 11.8 Å². The van der Waals surface area contributed by atoms with Crippen molar-refractivity contribution in [2.24, 2.45) is 0 Å². The zero-order chi connectivity index (χ0) is 21.5. The standard InChI is InChI=1S/C21H25N5O3S/c1-5-29-15-8-6-13(7-9-15)23-17(27)10-14-12-30-20-24-18-16(19(28)25(14)20)11-22-26(18)21(2,3)4/h6-9,11,14H,5,10,12H2,1-4H3,(H,23,27). The first-order valence-electron chi connectivity index (χ1n) is 9.94. The Morgan fingerprint density at radius 2 is 2.03 bits per heavy atom. The van der Waals surface area contributed by atoms with Crippen molar-refractivity contribution in [2.75, 3.05) is 17.7 Å². The summed E-state index contributed by atoms with van der Waals surface area (Å²) in [4.78, 5) is 30.4. The molecule has 1 aliphatic rings. The van der Waals surface area contributed by atoms with Crippen molar-refractivity contribution in [3.05, 3.63) is 40.8 Å². The van der Waals surface area contributed by atoms with Crippen LogP contribution < -0.4 is 15.6 Å². The first-order chi connectivity index (χ1) is 14.3. The molecule has 2 aromatic heterocycles. The lowest BCUT2D eigenvalue weighted by Gasteiger charge is -2.20. The first kappa shape index (κ1) is 20.5. The van der Waals surface area contributed by atoms with Crippen LogP contribution in [0.25, 0.3) is 11.0 Å². The van der Waals surface area contributed by atoms with Crippen LogP contribution in [0.1, 0.15) is 40.2 Å². The monoisotopic (exact) mass is 427 g/mol. The van der Waals surface area contributed by atoms with Crippen molar-refractivity contribution in [1.82, 2.24) is 19.3 Å². The first-order valence-corrected chi connectivity index (χ1v) is 10.9. The van der Waals surface area contributed by atoms with E-state index in [0.717, 1.165) is 5.75 Å². The zero-order valence-corrected chi connectivity index (χ0v) is 18.3. The summed E-state index contributed by atoms with van der Waals surface area (Å²) in [5, 5.41) is 8.38. The molecule has 0 spiro atoms. The smallest absolute Gasteiger partial charge is 0.265 e. The molecule has 0 fully saturated rings. The van der Waals surface area contributed by atoms with E-state index < -0.39 is 0 Å². The fraction of sp³-hybridized carbons (Fsp3) is 0.429. The number of nitrogens with one attached hydrogen (secondary N) is 1. The third kappa shape index (κ3) is 3.81. The molecule has 0 saturated heterocycles. The molecule has 1 amide bonds. The summed E-state index contributed by atoms with van der Waals surface area (Å²) in [6.45, 7) is 8.58. The van der Waals surface area contributed by atoms with Crippen LogP contribution in [0.15, 0.2) is 40.4 Å². The molecule has 30 heavy (non-hydrogen) atoms. The van der Waals surface area contributed by atoms with Gasteiger partial charge in [0.15, 0.2) is 10.8 Å². The van der Waals surface area contributed by atoms with Gasteiger partial charge >= 0.3 is 0 Å². The molecular weight excluding hydrogens is 402 g/mol. The van der Waals surface area contributed by atoms with Gasteiger partial charge in [-0.2, -0.15) is 5.10 Å². The molecule has 3 heterocycles. The SMILES string of the molecule is CCOc1ccc(NC(=O)CC2CSc3nc4c(cnn4C(C)(C)C)c(=O)n32)cc1. The molecule has 158 valence electrons. The number of amides is 1. The third-order valence-corrected chi connectivity index (χ3v) is 5.97. The average molecular weight is 428 g/mol. The Balaban J connectivity index is 1.54. The number of anilines is 1. The van der Waals surface area contributed by atoms with Crippen molar-refractivity contribution >= 4 is 34.4 Å². The highest BCUT2D eigenvalue weighted by Gasteiger charge is 2.30. The Hall–Kier alpha value is -2.81. The number of carbonyl (C=O) groups is 1. The molecule has 0 bridgehead atoms. The van der Waals surface area contributed by atoms with E-state index in [9.17, 15) is 9.59 Å². The van der Waals surface area contributed by atoms with E-state index in [2.05, 4.69) is 10.4 Å². The van der Waals surface area contributed by atoms with Crippen LogP contribution in [0.5, 0.6) is 5.75 Å². The van der Waals surface area contributed by atoms with E-state index in [0.29, 0.717) is 34.2 Å². The van der Waals surface area contributed by atoms with Gasteiger partial charge in [-0.3, -0.25) is 14.2 Å². The quantitative estimate of drug-likeness (QED) is 0.628. The van der Waals surface area contributed by atoms with E-state index in [-0.39, 0.29) is 29.5 Å². The van der Waals surface area contributed by atoms with Gasteiger partial charge in [0.1, 0.15) is 11.1 Å². The zero-order valence-electron chi connectivity index (χ0n) is 17.5. The lowest BCUT2D eigenvalue weighted by atomic mass is 10.1. The fourth-order valence-electron chi connectivity index (χ4n) is 3.50. The average Bonchev–Trinajstić information content (AvgIpc) is 3.28. The topological polar surface area (TPSA) is 91.0 Å². The number of rotatable bonds is 5. The van der Waals surface area contributed by atoms with Gasteiger partial charge < -0.3 is 10.1 Å². The Bertz CT molecular complexity index is 1140. The fourth-order valence-corrected chi connectivity index (χ4v) is 4.63. The van der Waals surface area contributed by atoms with Crippen LogP contribution in [0.2, 0.25) is 0 Å². The predicted molar refractivity (Wildman–Crippen MR) is 117 cm³/mol. The Morgan fingerprint density at radius 1 is 1.30 bits per heavy atom. The van der Waals surface area contributed by atoms with Gasteiger partial charge in [0, 0.05) is 17.9 Å². The van der Waals surface area contributed by atoms with Gasteiger partial charge in [-0.05, 0) is 52.0 Å². The van der Waals surface area contributed by atoms with Crippen molar-refractivity contribution in [2.45, 2.75) is 50.9 Å². The molecule has 1 aromatic carbocycles. The lowest BCUT2D eigenvalue weighted by molar-refractivity contribution is -0.116. The molecule has 0 saturated carbocycles. The van der Waals surface area contributed by atoms with Crippen molar-refractivity contribution in [1.29, 1.82) is 0 Å². The molecule has 4 rings (SSSR count). The minimum absolute atomic E-state index is 0.144. The van der Waals surface area contributed by atoms with Crippen molar-refractivity contribution in [3.8, 4) is 5.75 Å². The largest absolute Gasteiger partial charge is 0.494 e. The number of ether oxygens (including phenoxy) is 1. The number of hydrogen-bond donors (Lipinski definition) is 1. The predicted octanol–water partition coefficient (Wildman–Crippen LogP) is 3.42. The minimum Gasteiger partial charge on any atom is -0.494 e. The number of benzene rings is 1. The number of fused-ring (bicyclic) bond motifs is 2. The molecule has 9 heteroatoms. The Morgan fingerprint density at radius 3 is 2.70 bits per heavy atom. The molecule has 8 nitrogen and oxygen atoms in total. The second-order valence-electron chi connectivity index (χ2n) is 8.21. The van der Waals surface area contributed by atoms with Gasteiger partial charge in [0.05, 0.1) is 24.4 Å². The van der Waals surface area contributed by atoms with Crippen LogP contribution in [0.4, 0.5) is 5.69 Å². The van der Waals surface area contributed by atoms with E-state index in [1.807, 2.05) is 39.8 Å². The molecule has 1 atom stereocenters. The second-order valence-corrected chi connectivity index (χ2v) is 9.20. The highest BCUT2D eigenvalue weighted by Crippen LogP contribution is 2.34. The Labute approximate surface area is 178 Å². The summed E-state index contributed by atoms with van der Waals surface area (Å²) in [7, 11) is 0. The maximum atomic E-state index is 13.1. The van der Waals surface area contributed by atoms with Crippen LogP contribution >= 0.6 is 11.8 Å². The normalized spacial score (nSPS) is 15.9. The lowest BCUT2D eigenvalue weighted by Crippen LogP contribution is -2.29. The molecular formula is C21H25N5O3S. The van der Waals surface area contributed by atoms with Crippen LogP contribution in [0, 0.1) is 0 Å². The van der Waals surface area contributed by atoms with Crippen molar-refractivity contribution < 1.29 is 9.53 Å². The van der Waals surface area contributed by atoms with E-state index in [4.69, 9.17) is 9.72 Å². The van der Waals surface area contributed by atoms with E-state index in [1.54, 1.807) is 27.6 Å². The molecule has 0 radical (unpaired) electrons. The molecule has 0 aliphatic carbocycles. The number of hydrogen-bond acceptors (Lipinski definition) is 6. The molecule has 1 N–H and O–H groups in total.